The summed E-state index contributed by atoms with van der Waals surface area (Å²) in [7, 11) is 0. The van der Waals surface area contributed by atoms with Gasteiger partial charge in [-0.3, -0.25) is 0 Å². The van der Waals surface area contributed by atoms with E-state index in [-0.39, 0.29) is 0 Å². The second-order valence-electron chi connectivity index (χ2n) is 4.79. The summed E-state index contributed by atoms with van der Waals surface area (Å²) >= 11 is 12.1. The van der Waals surface area contributed by atoms with E-state index in [9.17, 15) is 0 Å². The molecule has 0 aromatic heterocycles. The summed E-state index contributed by atoms with van der Waals surface area (Å²) in [4.78, 5) is 2.27. The van der Waals surface area contributed by atoms with E-state index in [1.807, 2.05) is 30.3 Å². The van der Waals surface area contributed by atoms with Gasteiger partial charge in [-0.1, -0.05) is 35.9 Å². The van der Waals surface area contributed by atoms with Crippen LogP contribution in [0.1, 0.15) is 11.1 Å². The predicted molar refractivity (Wildman–Crippen MR) is 84.0 cm³/mol. The SMILES string of the molecule is ClCc1ccc(N2CCOc3ccccc3C2)cc1Cl. The molecule has 0 saturated heterocycles. The lowest BCUT2D eigenvalue weighted by molar-refractivity contribution is 0.331. The number of fused-ring (bicyclic) bond motifs is 1. The van der Waals surface area contributed by atoms with Crippen LogP contribution in [0, 0.1) is 0 Å². The van der Waals surface area contributed by atoms with Crippen LogP contribution in [0.4, 0.5) is 5.69 Å². The number of ether oxygens (including phenoxy) is 1. The summed E-state index contributed by atoms with van der Waals surface area (Å²) in [6.07, 6.45) is 0. The quantitative estimate of drug-likeness (QED) is 0.759. The first-order valence-electron chi connectivity index (χ1n) is 6.58. The number of anilines is 1. The molecule has 104 valence electrons. The van der Waals surface area contributed by atoms with Gasteiger partial charge in [0.05, 0.1) is 6.54 Å². The monoisotopic (exact) mass is 307 g/mol. The second kappa shape index (κ2) is 5.94. The molecule has 1 heterocycles. The Morgan fingerprint density at radius 2 is 2.00 bits per heavy atom. The van der Waals surface area contributed by atoms with Crippen molar-refractivity contribution in [1.82, 2.24) is 0 Å². The van der Waals surface area contributed by atoms with Gasteiger partial charge in [0.1, 0.15) is 12.4 Å². The van der Waals surface area contributed by atoms with Gasteiger partial charge in [0.2, 0.25) is 0 Å². The normalized spacial score (nSPS) is 14.4. The van der Waals surface area contributed by atoms with E-state index in [0.29, 0.717) is 12.5 Å². The molecule has 0 unspecified atom stereocenters. The average Bonchev–Trinajstić information content (AvgIpc) is 2.69. The summed E-state index contributed by atoms with van der Waals surface area (Å²) in [6, 6.07) is 14.2. The molecule has 4 heteroatoms. The summed E-state index contributed by atoms with van der Waals surface area (Å²) in [5.41, 5.74) is 3.26. The van der Waals surface area contributed by atoms with E-state index in [2.05, 4.69) is 17.0 Å². The van der Waals surface area contributed by atoms with E-state index in [1.54, 1.807) is 0 Å². The Morgan fingerprint density at radius 3 is 2.80 bits per heavy atom. The minimum atomic E-state index is 0.436. The molecule has 2 aromatic carbocycles. The van der Waals surface area contributed by atoms with Gasteiger partial charge in [-0.25, -0.2) is 0 Å². The summed E-state index contributed by atoms with van der Waals surface area (Å²) in [5.74, 6) is 1.41. The van der Waals surface area contributed by atoms with Gasteiger partial charge in [-0.15, -0.1) is 11.6 Å². The molecule has 1 aliphatic rings. The molecule has 0 N–H and O–H groups in total. The molecule has 0 fully saturated rings. The lowest BCUT2D eigenvalue weighted by atomic mass is 10.1. The van der Waals surface area contributed by atoms with E-state index >= 15 is 0 Å². The smallest absolute Gasteiger partial charge is 0.124 e. The summed E-state index contributed by atoms with van der Waals surface area (Å²) < 4.78 is 5.78. The maximum absolute atomic E-state index is 6.25. The van der Waals surface area contributed by atoms with Crippen molar-refractivity contribution in [3.8, 4) is 5.75 Å². The molecular formula is C16H15Cl2NO. The van der Waals surface area contributed by atoms with Crippen LogP contribution in [0.25, 0.3) is 0 Å². The van der Waals surface area contributed by atoms with Gasteiger partial charge in [-0.2, -0.15) is 0 Å². The minimum Gasteiger partial charge on any atom is -0.491 e. The molecular weight excluding hydrogens is 293 g/mol. The number of benzene rings is 2. The molecule has 0 aliphatic carbocycles. The predicted octanol–water partition coefficient (Wildman–Crippen LogP) is 4.48. The first-order valence-corrected chi connectivity index (χ1v) is 7.49. The van der Waals surface area contributed by atoms with Crippen LogP contribution in [0.5, 0.6) is 5.75 Å². The third-order valence-corrected chi connectivity index (χ3v) is 4.14. The van der Waals surface area contributed by atoms with Crippen molar-refractivity contribution in [2.75, 3.05) is 18.1 Å². The van der Waals surface area contributed by atoms with Crippen LogP contribution < -0.4 is 9.64 Å². The number of alkyl halides is 1. The molecule has 0 spiro atoms. The second-order valence-corrected chi connectivity index (χ2v) is 5.46. The molecule has 0 saturated carbocycles. The zero-order valence-corrected chi connectivity index (χ0v) is 12.5. The van der Waals surface area contributed by atoms with E-state index in [4.69, 9.17) is 27.9 Å². The van der Waals surface area contributed by atoms with Gasteiger partial charge in [-0.05, 0) is 23.8 Å². The van der Waals surface area contributed by atoms with Gasteiger partial charge in [0.15, 0.2) is 0 Å². The Hall–Kier alpha value is -1.38. The fourth-order valence-corrected chi connectivity index (χ4v) is 2.93. The highest BCUT2D eigenvalue weighted by atomic mass is 35.5. The highest BCUT2D eigenvalue weighted by Gasteiger charge is 2.16. The van der Waals surface area contributed by atoms with Crippen LogP contribution in [0.3, 0.4) is 0 Å². The van der Waals surface area contributed by atoms with Crippen LogP contribution in [-0.4, -0.2) is 13.2 Å². The van der Waals surface area contributed by atoms with Gasteiger partial charge < -0.3 is 9.64 Å². The number of nitrogens with zero attached hydrogens (tertiary/aromatic N) is 1. The van der Waals surface area contributed by atoms with Crippen molar-refractivity contribution in [1.29, 1.82) is 0 Å². The highest BCUT2D eigenvalue weighted by molar-refractivity contribution is 6.32. The lowest BCUT2D eigenvalue weighted by Crippen LogP contribution is -2.25. The maximum Gasteiger partial charge on any atom is 0.124 e. The van der Waals surface area contributed by atoms with Crippen LogP contribution >= 0.6 is 23.2 Å². The van der Waals surface area contributed by atoms with Crippen molar-refractivity contribution >= 4 is 28.9 Å². The van der Waals surface area contributed by atoms with Gasteiger partial charge >= 0.3 is 0 Å². The molecule has 20 heavy (non-hydrogen) atoms. The lowest BCUT2D eigenvalue weighted by Gasteiger charge is -2.22. The van der Waals surface area contributed by atoms with Crippen LogP contribution in [0.2, 0.25) is 5.02 Å². The van der Waals surface area contributed by atoms with Crippen molar-refractivity contribution in [2.24, 2.45) is 0 Å². The molecule has 0 amide bonds. The third-order valence-electron chi connectivity index (χ3n) is 3.50. The molecule has 1 aliphatic heterocycles. The first-order chi connectivity index (χ1) is 9.78. The largest absolute Gasteiger partial charge is 0.491 e. The molecule has 0 bridgehead atoms. The fourth-order valence-electron chi connectivity index (χ4n) is 2.39. The average molecular weight is 308 g/mol. The standard InChI is InChI=1S/C16H15Cl2NO/c17-10-12-5-6-14(9-15(12)18)19-7-8-20-16-4-2-1-3-13(16)11-19/h1-6,9H,7-8,10-11H2. The van der Waals surface area contributed by atoms with Crippen molar-refractivity contribution in [3.05, 3.63) is 58.6 Å². The zero-order chi connectivity index (χ0) is 13.9. The maximum atomic E-state index is 6.25. The number of para-hydroxylation sites is 1. The Morgan fingerprint density at radius 1 is 1.15 bits per heavy atom. The van der Waals surface area contributed by atoms with Crippen LogP contribution in [0.15, 0.2) is 42.5 Å². The fraction of sp³-hybridized carbons (Fsp3) is 0.250. The number of rotatable bonds is 2. The molecule has 0 radical (unpaired) electrons. The van der Waals surface area contributed by atoms with Crippen molar-refractivity contribution in [3.63, 3.8) is 0 Å². The Bertz CT molecular complexity index is 615. The van der Waals surface area contributed by atoms with E-state index < -0.39 is 0 Å². The van der Waals surface area contributed by atoms with Crippen molar-refractivity contribution in [2.45, 2.75) is 12.4 Å². The topological polar surface area (TPSA) is 12.5 Å². The molecule has 2 aromatic rings. The molecule has 3 rings (SSSR count). The summed E-state index contributed by atoms with van der Waals surface area (Å²) in [5, 5.41) is 0.718. The minimum absolute atomic E-state index is 0.436. The van der Waals surface area contributed by atoms with Gasteiger partial charge in [0.25, 0.3) is 0 Å². The Balaban J connectivity index is 1.89. The Kier molecular flexibility index (Phi) is 4.04. The van der Waals surface area contributed by atoms with E-state index in [1.165, 1.54) is 5.56 Å². The van der Waals surface area contributed by atoms with E-state index in [0.717, 1.165) is 35.1 Å². The highest BCUT2D eigenvalue weighted by Crippen LogP contribution is 2.29. The van der Waals surface area contributed by atoms with Crippen molar-refractivity contribution < 1.29 is 4.74 Å². The zero-order valence-electron chi connectivity index (χ0n) is 11.0. The first kappa shape index (κ1) is 13.6. The van der Waals surface area contributed by atoms with Crippen LogP contribution in [-0.2, 0) is 12.4 Å². The summed E-state index contributed by atoms with van der Waals surface area (Å²) in [6.45, 7) is 2.34. The van der Waals surface area contributed by atoms with Gasteiger partial charge in [0, 0.05) is 28.7 Å². The number of halogens is 2. The Labute approximate surface area is 128 Å². The number of hydrogen-bond acceptors (Lipinski definition) is 2. The third kappa shape index (κ3) is 2.72. The number of hydrogen-bond donors (Lipinski definition) is 0. The molecule has 0 atom stereocenters. The molecule has 2 nitrogen and oxygen atoms in total.